The Hall–Kier alpha value is -2.64. The molecule has 0 bridgehead atoms. The molecule has 0 unspecified atom stereocenters. The summed E-state index contributed by atoms with van der Waals surface area (Å²) in [5.74, 6) is -0.369. The fraction of sp³-hybridized carbons (Fsp3) is 0.273. The van der Waals surface area contributed by atoms with Crippen LogP contribution in [0.4, 0.5) is 10.1 Å². The van der Waals surface area contributed by atoms with Gasteiger partial charge in [-0.1, -0.05) is 6.08 Å². The van der Waals surface area contributed by atoms with E-state index in [0.29, 0.717) is 10.9 Å². The molecule has 0 radical (unpaired) electrons. The molecule has 0 aliphatic carbocycles. The van der Waals surface area contributed by atoms with Crippen LogP contribution in [0.15, 0.2) is 53.6 Å². The van der Waals surface area contributed by atoms with Crippen LogP contribution in [0.5, 0.6) is 0 Å². The zero-order chi connectivity index (χ0) is 20.2. The average Bonchev–Trinajstić information content (AvgIpc) is 3.32. The van der Waals surface area contributed by atoms with Crippen LogP contribution in [0.2, 0.25) is 0 Å². The van der Waals surface area contributed by atoms with E-state index in [9.17, 15) is 12.8 Å². The van der Waals surface area contributed by atoms with Crippen LogP contribution in [0, 0.1) is 5.82 Å². The second kappa shape index (κ2) is 6.71. The summed E-state index contributed by atoms with van der Waals surface area (Å²) in [6.07, 6.45) is 5.36. The van der Waals surface area contributed by atoms with E-state index >= 15 is 0 Å². The van der Waals surface area contributed by atoms with Crippen molar-refractivity contribution in [3.05, 3.63) is 65.6 Å². The van der Waals surface area contributed by atoms with E-state index < -0.39 is 10.0 Å². The Morgan fingerprint density at radius 3 is 2.76 bits per heavy atom. The maximum Gasteiger partial charge on any atom is 0.268 e. The molecule has 1 N–H and O–H groups in total. The second-order valence-corrected chi connectivity index (χ2v) is 9.56. The van der Waals surface area contributed by atoms with Gasteiger partial charge in [0.2, 0.25) is 0 Å². The lowest BCUT2D eigenvalue weighted by Crippen LogP contribution is -2.23. The maximum absolute atomic E-state index is 14.0. The van der Waals surface area contributed by atoms with E-state index in [1.54, 1.807) is 24.4 Å². The number of nitrogens with zero attached hydrogens (tertiary/aromatic N) is 2. The molecule has 29 heavy (non-hydrogen) atoms. The minimum absolute atomic E-state index is 0.255. The van der Waals surface area contributed by atoms with Gasteiger partial charge in [0.05, 0.1) is 10.4 Å². The fourth-order valence-electron chi connectivity index (χ4n) is 4.20. The minimum atomic E-state index is -3.80. The van der Waals surface area contributed by atoms with Gasteiger partial charge in [-0.15, -0.1) is 0 Å². The first kappa shape index (κ1) is 18.4. The smallest absolute Gasteiger partial charge is 0.268 e. The number of fused-ring (bicyclic) bond motifs is 2. The molecule has 2 aromatic carbocycles. The van der Waals surface area contributed by atoms with Crippen LogP contribution >= 0.6 is 0 Å². The van der Waals surface area contributed by atoms with Crippen molar-refractivity contribution < 1.29 is 12.8 Å². The number of benzene rings is 2. The maximum atomic E-state index is 14.0. The zero-order valence-corrected chi connectivity index (χ0v) is 17.0. The Bertz CT molecular complexity index is 1260. The molecule has 1 aromatic heterocycles. The number of hydrogen-bond donors (Lipinski definition) is 1. The summed E-state index contributed by atoms with van der Waals surface area (Å²) in [6, 6.07) is 9.50. The van der Waals surface area contributed by atoms with Gasteiger partial charge in [0.15, 0.2) is 0 Å². The number of nitrogens with one attached hydrogen (secondary N) is 1. The molecule has 2 aliphatic rings. The zero-order valence-electron chi connectivity index (χ0n) is 16.2. The highest BCUT2D eigenvalue weighted by molar-refractivity contribution is 7.90. The minimum Gasteiger partial charge on any atom is -0.384 e. The van der Waals surface area contributed by atoms with Crippen molar-refractivity contribution in [2.45, 2.75) is 17.7 Å². The highest BCUT2D eigenvalue weighted by Crippen LogP contribution is 2.34. The molecule has 3 aromatic rings. The van der Waals surface area contributed by atoms with Gasteiger partial charge in [-0.2, -0.15) is 0 Å². The third-order valence-corrected chi connectivity index (χ3v) is 7.50. The molecule has 0 atom stereocenters. The average molecular weight is 412 g/mol. The van der Waals surface area contributed by atoms with Crippen molar-refractivity contribution in [2.24, 2.45) is 0 Å². The molecule has 0 amide bonds. The summed E-state index contributed by atoms with van der Waals surface area (Å²) in [6.45, 7) is 2.50. The summed E-state index contributed by atoms with van der Waals surface area (Å²) in [5, 5.41) is 3.88. The third-order valence-electron chi connectivity index (χ3n) is 5.83. The number of rotatable bonds is 3. The van der Waals surface area contributed by atoms with Crippen LogP contribution in [-0.2, 0) is 16.4 Å². The molecule has 0 saturated carbocycles. The van der Waals surface area contributed by atoms with Gasteiger partial charge in [-0.25, -0.2) is 16.8 Å². The summed E-state index contributed by atoms with van der Waals surface area (Å²) >= 11 is 0. The number of hydrogen-bond acceptors (Lipinski definition) is 4. The second-order valence-electron chi connectivity index (χ2n) is 7.74. The Labute approximate surface area is 169 Å². The predicted molar refractivity (Wildman–Crippen MR) is 113 cm³/mol. The van der Waals surface area contributed by atoms with Crippen molar-refractivity contribution in [3.63, 3.8) is 0 Å². The number of likely N-dealkylation sites (N-methyl/N-ethyl adjacent to an activating group) is 1. The molecular formula is C22H22FN3O2S. The number of halogens is 1. The van der Waals surface area contributed by atoms with E-state index in [-0.39, 0.29) is 10.7 Å². The van der Waals surface area contributed by atoms with Gasteiger partial charge in [0.1, 0.15) is 5.82 Å². The van der Waals surface area contributed by atoms with Crippen LogP contribution in [-0.4, -0.2) is 44.0 Å². The quantitative estimate of drug-likeness (QED) is 0.714. The van der Waals surface area contributed by atoms with Gasteiger partial charge < -0.3 is 10.2 Å². The third kappa shape index (κ3) is 3.05. The molecule has 7 heteroatoms. The molecule has 2 aliphatic heterocycles. The SMILES string of the molecule is CN1CC=C(c2cn(S(=O)(=O)c3ccc4c(c3)CCN4)c3ccc(F)cc23)CC1. The summed E-state index contributed by atoms with van der Waals surface area (Å²) in [7, 11) is -1.75. The molecule has 5 rings (SSSR count). The molecule has 150 valence electrons. The molecule has 3 heterocycles. The summed E-state index contributed by atoms with van der Waals surface area (Å²) in [4.78, 5) is 2.45. The Morgan fingerprint density at radius 2 is 1.97 bits per heavy atom. The van der Waals surface area contributed by atoms with Gasteiger partial charge in [-0.3, -0.25) is 0 Å². The topological polar surface area (TPSA) is 54.3 Å². The highest BCUT2D eigenvalue weighted by Gasteiger charge is 2.25. The van der Waals surface area contributed by atoms with E-state index in [1.165, 1.54) is 16.1 Å². The van der Waals surface area contributed by atoms with E-state index in [4.69, 9.17) is 0 Å². The van der Waals surface area contributed by atoms with Crippen molar-refractivity contribution in [1.29, 1.82) is 0 Å². The van der Waals surface area contributed by atoms with Crippen LogP contribution in [0.3, 0.4) is 0 Å². The first-order valence-corrected chi connectivity index (χ1v) is 11.2. The molecule has 0 saturated heterocycles. The van der Waals surface area contributed by atoms with E-state index in [0.717, 1.165) is 54.9 Å². The van der Waals surface area contributed by atoms with Gasteiger partial charge in [0, 0.05) is 42.5 Å². The van der Waals surface area contributed by atoms with Crippen LogP contribution < -0.4 is 5.32 Å². The van der Waals surface area contributed by atoms with Gasteiger partial charge in [-0.05, 0) is 67.4 Å². The van der Waals surface area contributed by atoms with Crippen molar-refractivity contribution >= 4 is 32.2 Å². The molecule has 5 nitrogen and oxygen atoms in total. The van der Waals surface area contributed by atoms with Gasteiger partial charge in [0.25, 0.3) is 10.0 Å². The first-order valence-electron chi connectivity index (χ1n) is 9.74. The predicted octanol–water partition coefficient (Wildman–Crippen LogP) is 3.70. The largest absolute Gasteiger partial charge is 0.384 e. The Kier molecular flexibility index (Phi) is 4.26. The van der Waals surface area contributed by atoms with Crippen LogP contribution in [0.1, 0.15) is 17.5 Å². The van der Waals surface area contributed by atoms with E-state index in [2.05, 4.69) is 16.3 Å². The Morgan fingerprint density at radius 1 is 1.10 bits per heavy atom. The molecular weight excluding hydrogens is 389 g/mol. The monoisotopic (exact) mass is 411 g/mol. The highest BCUT2D eigenvalue weighted by atomic mass is 32.2. The lowest BCUT2D eigenvalue weighted by Gasteiger charge is -2.21. The normalized spacial score (nSPS) is 17.2. The molecule has 0 spiro atoms. The fourth-order valence-corrected chi connectivity index (χ4v) is 5.62. The number of aromatic nitrogens is 1. The van der Waals surface area contributed by atoms with Crippen molar-refractivity contribution in [1.82, 2.24) is 8.87 Å². The summed E-state index contributed by atoms with van der Waals surface area (Å²) < 4.78 is 42.3. The lowest BCUT2D eigenvalue weighted by molar-refractivity contribution is 0.370. The van der Waals surface area contributed by atoms with Crippen molar-refractivity contribution in [2.75, 3.05) is 32.0 Å². The van der Waals surface area contributed by atoms with Crippen LogP contribution in [0.25, 0.3) is 16.5 Å². The van der Waals surface area contributed by atoms with Crippen molar-refractivity contribution in [3.8, 4) is 0 Å². The van der Waals surface area contributed by atoms with E-state index in [1.807, 2.05) is 13.1 Å². The standard InChI is InChI=1S/C22H22FN3O2S/c1-25-10-7-15(8-11-25)20-14-26(22-5-2-17(23)13-19(20)22)29(27,28)18-3-4-21-16(12-18)6-9-24-21/h2-5,7,12-14,24H,6,8-11H2,1H3. The number of anilines is 1. The Balaban J connectivity index is 1.69. The lowest BCUT2D eigenvalue weighted by atomic mass is 9.99. The first-order chi connectivity index (χ1) is 13.9. The molecule has 0 fully saturated rings. The summed E-state index contributed by atoms with van der Waals surface area (Å²) in [5.41, 5.74) is 4.34. The van der Waals surface area contributed by atoms with Gasteiger partial charge >= 0.3 is 0 Å².